The van der Waals surface area contributed by atoms with Crippen molar-refractivity contribution in [2.45, 2.75) is 18.9 Å². The summed E-state index contributed by atoms with van der Waals surface area (Å²) in [6, 6.07) is 13.7. The number of benzene rings is 2. The van der Waals surface area contributed by atoms with Gasteiger partial charge in [-0.05, 0) is 53.6 Å². The summed E-state index contributed by atoms with van der Waals surface area (Å²) in [7, 11) is 0. The van der Waals surface area contributed by atoms with Crippen LogP contribution in [0.15, 0.2) is 54.9 Å². The number of hydrogen-bond donors (Lipinski definition) is 0. The lowest BCUT2D eigenvalue weighted by molar-refractivity contribution is 0.0790. The standard InChI is InChI=1S/C21H21FN5O2/c22-19-6-2-16(3-7-19)18-10-12-26(14-18)21(28)17-4-8-20(9-5-17)29-13-1-11-27-24-15-23-25-27/h1-9,15,18H,10-14H2/t18-/m1/s1. The third-order valence-electron chi connectivity index (χ3n) is 4.97. The van der Waals surface area contributed by atoms with E-state index in [-0.39, 0.29) is 17.6 Å². The number of halogens is 1. The molecule has 0 unspecified atom stereocenters. The molecule has 7 nitrogen and oxygen atoms in total. The fourth-order valence-corrected chi connectivity index (χ4v) is 3.42. The lowest BCUT2D eigenvalue weighted by Crippen LogP contribution is -2.28. The number of likely N-dealkylation sites (tertiary alicyclic amines) is 1. The molecule has 1 fully saturated rings. The van der Waals surface area contributed by atoms with Gasteiger partial charge in [0.15, 0.2) is 6.33 Å². The first-order chi connectivity index (χ1) is 14.2. The number of ether oxygens (including phenoxy) is 1. The topological polar surface area (TPSA) is 73.1 Å². The van der Waals surface area contributed by atoms with Crippen molar-refractivity contribution in [3.8, 4) is 5.75 Å². The molecule has 29 heavy (non-hydrogen) atoms. The largest absolute Gasteiger partial charge is 0.493 e. The second-order valence-electron chi connectivity index (χ2n) is 6.90. The number of nitrogens with zero attached hydrogens (tertiary/aromatic N) is 5. The molecule has 1 amide bonds. The highest BCUT2D eigenvalue weighted by Crippen LogP contribution is 2.28. The van der Waals surface area contributed by atoms with Crippen molar-refractivity contribution in [3.05, 3.63) is 78.2 Å². The smallest absolute Gasteiger partial charge is 0.253 e. The van der Waals surface area contributed by atoms with Gasteiger partial charge in [-0.3, -0.25) is 4.79 Å². The minimum atomic E-state index is -0.241. The Balaban J connectivity index is 1.27. The van der Waals surface area contributed by atoms with Gasteiger partial charge < -0.3 is 9.64 Å². The molecular formula is C21H21FN5O2. The highest BCUT2D eigenvalue weighted by Gasteiger charge is 2.27. The fraction of sp³-hybridized carbons (Fsp3) is 0.286. The molecule has 1 aliphatic rings. The maximum atomic E-state index is 13.1. The maximum absolute atomic E-state index is 13.1. The molecule has 0 spiro atoms. The van der Waals surface area contributed by atoms with Crippen LogP contribution >= 0.6 is 0 Å². The SMILES string of the molecule is O=C(c1ccc(OC[CH]Cn2ncnn2)cc1)N1CC[C@@H](c2ccc(F)cc2)C1. The van der Waals surface area contributed by atoms with Crippen LogP contribution in [0.1, 0.15) is 28.3 Å². The molecule has 149 valence electrons. The van der Waals surface area contributed by atoms with Crippen molar-refractivity contribution in [1.29, 1.82) is 0 Å². The number of hydrogen-bond acceptors (Lipinski definition) is 5. The highest BCUT2D eigenvalue weighted by molar-refractivity contribution is 5.94. The van der Waals surface area contributed by atoms with E-state index in [0.717, 1.165) is 12.0 Å². The summed E-state index contributed by atoms with van der Waals surface area (Å²) in [6.45, 7) is 2.26. The van der Waals surface area contributed by atoms with Gasteiger partial charge in [-0.1, -0.05) is 12.1 Å². The summed E-state index contributed by atoms with van der Waals surface area (Å²) in [6.07, 6.45) is 4.16. The summed E-state index contributed by atoms with van der Waals surface area (Å²) in [5.41, 5.74) is 1.70. The molecule has 1 atom stereocenters. The zero-order valence-corrected chi connectivity index (χ0v) is 15.8. The van der Waals surface area contributed by atoms with Crippen molar-refractivity contribution in [2.24, 2.45) is 0 Å². The number of amides is 1. The first-order valence-corrected chi connectivity index (χ1v) is 9.49. The minimum absolute atomic E-state index is 0.00461. The van der Waals surface area contributed by atoms with Crippen LogP contribution in [0, 0.1) is 12.2 Å². The summed E-state index contributed by atoms with van der Waals surface area (Å²) >= 11 is 0. The number of carbonyl (C=O) groups is 1. The van der Waals surface area contributed by atoms with Gasteiger partial charge >= 0.3 is 0 Å². The molecule has 1 aliphatic heterocycles. The van der Waals surface area contributed by atoms with Crippen molar-refractivity contribution in [3.63, 3.8) is 0 Å². The molecule has 0 saturated carbocycles. The Labute approximate surface area is 168 Å². The lowest BCUT2D eigenvalue weighted by Gasteiger charge is -2.17. The molecular weight excluding hydrogens is 373 g/mol. The molecule has 1 aromatic heterocycles. The van der Waals surface area contributed by atoms with Gasteiger partial charge in [0.1, 0.15) is 11.6 Å². The normalized spacial score (nSPS) is 16.2. The molecule has 3 aromatic rings. The second-order valence-corrected chi connectivity index (χ2v) is 6.90. The molecule has 2 heterocycles. The van der Waals surface area contributed by atoms with Gasteiger partial charge in [-0.2, -0.15) is 4.80 Å². The first kappa shape index (κ1) is 19.0. The zero-order valence-electron chi connectivity index (χ0n) is 15.8. The molecule has 0 aliphatic carbocycles. The van der Waals surface area contributed by atoms with E-state index in [0.29, 0.717) is 37.6 Å². The number of aromatic nitrogens is 4. The van der Waals surface area contributed by atoms with E-state index in [1.165, 1.54) is 23.3 Å². The quantitative estimate of drug-likeness (QED) is 0.576. The van der Waals surface area contributed by atoms with E-state index in [4.69, 9.17) is 4.74 Å². The Morgan fingerprint density at radius 3 is 2.69 bits per heavy atom. The summed E-state index contributed by atoms with van der Waals surface area (Å²) in [4.78, 5) is 16.1. The number of tetrazole rings is 1. The Morgan fingerprint density at radius 1 is 1.17 bits per heavy atom. The van der Waals surface area contributed by atoms with Gasteiger partial charge in [0.2, 0.25) is 0 Å². The summed E-state index contributed by atoms with van der Waals surface area (Å²) in [5, 5.41) is 11.3. The highest BCUT2D eigenvalue weighted by atomic mass is 19.1. The van der Waals surface area contributed by atoms with Gasteiger partial charge in [0.25, 0.3) is 5.91 Å². The van der Waals surface area contributed by atoms with Gasteiger partial charge in [0.05, 0.1) is 13.2 Å². The second kappa shape index (κ2) is 8.81. The molecule has 1 radical (unpaired) electrons. The van der Waals surface area contributed by atoms with Gasteiger partial charge in [-0.15, -0.1) is 10.2 Å². The summed E-state index contributed by atoms with van der Waals surface area (Å²) < 4.78 is 18.8. The van der Waals surface area contributed by atoms with E-state index < -0.39 is 0 Å². The van der Waals surface area contributed by atoms with Crippen LogP contribution in [0.25, 0.3) is 0 Å². The molecule has 8 heteroatoms. The van der Waals surface area contributed by atoms with E-state index in [1.54, 1.807) is 36.4 Å². The van der Waals surface area contributed by atoms with E-state index in [1.807, 2.05) is 11.3 Å². The van der Waals surface area contributed by atoms with Crippen LogP contribution in [-0.4, -0.2) is 50.7 Å². The Bertz CT molecular complexity index is 929. The van der Waals surface area contributed by atoms with Crippen molar-refractivity contribution >= 4 is 5.91 Å². The monoisotopic (exact) mass is 394 g/mol. The van der Waals surface area contributed by atoms with Crippen molar-refractivity contribution < 1.29 is 13.9 Å². The average Bonchev–Trinajstić information content (AvgIpc) is 3.44. The fourth-order valence-electron chi connectivity index (χ4n) is 3.42. The third kappa shape index (κ3) is 4.77. The number of carbonyl (C=O) groups excluding carboxylic acids is 1. The van der Waals surface area contributed by atoms with Crippen LogP contribution in [0.5, 0.6) is 5.75 Å². The maximum Gasteiger partial charge on any atom is 0.253 e. The summed E-state index contributed by atoms with van der Waals surface area (Å²) in [5.74, 6) is 0.701. The number of rotatable bonds is 7. The third-order valence-corrected chi connectivity index (χ3v) is 4.97. The van der Waals surface area contributed by atoms with Crippen molar-refractivity contribution in [2.75, 3.05) is 19.7 Å². The first-order valence-electron chi connectivity index (χ1n) is 9.49. The van der Waals surface area contributed by atoms with Crippen LogP contribution in [-0.2, 0) is 6.54 Å². The molecule has 0 bridgehead atoms. The van der Waals surface area contributed by atoms with Crippen LogP contribution < -0.4 is 4.74 Å². The van der Waals surface area contributed by atoms with Crippen molar-refractivity contribution in [1.82, 2.24) is 25.1 Å². The Morgan fingerprint density at radius 2 is 1.97 bits per heavy atom. The predicted octanol–water partition coefficient (Wildman–Crippen LogP) is 2.73. The van der Waals surface area contributed by atoms with E-state index >= 15 is 0 Å². The molecule has 2 aromatic carbocycles. The Kier molecular flexibility index (Phi) is 5.79. The predicted molar refractivity (Wildman–Crippen MR) is 104 cm³/mol. The van der Waals surface area contributed by atoms with Gasteiger partial charge in [-0.25, -0.2) is 4.39 Å². The van der Waals surface area contributed by atoms with E-state index in [9.17, 15) is 9.18 Å². The average molecular weight is 394 g/mol. The molecule has 0 N–H and O–H groups in total. The lowest BCUT2D eigenvalue weighted by atomic mass is 9.99. The zero-order chi connectivity index (χ0) is 20.1. The van der Waals surface area contributed by atoms with Crippen LogP contribution in [0.4, 0.5) is 4.39 Å². The van der Waals surface area contributed by atoms with Crippen LogP contribution in [0.2, 0.25) is 0 Å². The Hall–Kier alpha value is -3.29. The van der Waals surface area contributed by atoms with E-state index in [2.05, 4.69) is 15.4 Å². The minimum Gasteiger partial charge on any atom is -0.493 e. The molecule has 4 rings (SSSR count). The van der Waals surface area contributed by atoms with Gasteiger partial charge in [0, 0.05) is 31.0 Å². The van der Waals surface area contributed by atoms with Crippen LogP contribution in [0.3, 0.4) is 0 Å². The molecule has 1 saturated heterocycles.